The lowest BCUT2D eigenvalue weighted by Gasteiger charge is -2.33. The van der Waals surface area contributed by atoms with E-state index in [4.69, 9.17) is 9.84 Å². The number of carbonyl (C=O) groups is 1. The van der Waals surface area contributed by atoms with Gasteiger partial charge in [0, 0.05) is 30.9 Å². The molecule has 1 aromatic rings. The number of nitro benzene ring substituents is 1. The Hall–Kier alpha value is -2.15. The maximum absolute atomic E-state index is 10.7. The molecule has 1 N–H and O–H groups in total. The number of hydrogen-bond acceptors (Lipinski definition) is 5. The van der Waals surface area contributed by atoms with E-state index in [1.165, 1.54) is 12.1 Å². The SMILES string of the molecule is O=C(O)CC1CN(c2cccc([N+](=O)[O-])c2)CCO1. The van der Waals surface area contributed by atoms with Crippen molar-refractivity contribution in [3.63, 3.8) is 0 Å². The van der Waals surface area contributed by atoms with E-state index in [0.717, 1.165) is 0 Å². The molecule has 1 heterocycles. The summed E-state index contributed by atoms with van der Waals surface area (Å²) in [5, 5.41) is 19.5. The second kappa shape index (κ2) is 5.66. The first-order valence-corrected chi connectivity index (χ1v) is 5.89. The second-order valence-corrected chi connectivity index (χ2v) is 4.31. The Morgan fingerprint density at radius 3 is 3.05 bits per heavy atom. The van der Waals surface area contributed by atoms with Crippen LogP contribution < -0.4 is 4.90 Å². The molecule has 1 saturated heterocycles. The van der Waals surface area contributed by atoms with Gasteiger partial charge in [0.2, 0.25) is 0 Å². The fourth-order valence-corrected chi connectivity index (χ4v) is 2.08. The highest BCUT2D eigenvalue weighted by molar-refractivity contribution is 5.67. The van der Waals surface area contributed by atoms with Crippen molar-refractivity contribution >= 4 is 17.3 Å². The van der Waals surface area contributed by atoms with E-state index in [0.29, 0.717) is 25.4 Å². The molecule has 0 spiro atoms. The zero-order valence-corrected chi connectivity index (χ0v) is 10.2. The van der Waals surface area contributed by atoms with E-state index in [9.17, 15) is 14.9 Å². The molecule has 102 valence electrons. The Bertz CT molecular complexity index is 491. The summed E-state index contributed by atoms with van der Waals surface area (Å²) in [6.45, 7) is 1.44. The molecule has 0 amide bonds. The molecule has 0 radical (unpaired) electrons. The van der Waals surface area contributed by atoms with Crippen LogP contribution in [0.2, 0.25) is 0 Å². The topological polar surface area (TPSA) is 92.9 Å². The molecule has 19 heavy (non-hydrogen) atoms. The van der Waals surface area contributed by atoms with Crippen LogP contribution in [-0.2, 0) is 9.53 Å². The predicted molar refractivity (Wildman–Crippen MR) is 67.3 cm³/mol. The van der Waals surface area contributed by atoms with Gasteiger partial charge in [-0.2, -0.15) is 0 Å². The lowest BCUT2D eigenvalue weighted by molar-refractivity contribution is -0.384. The minimum Gasteiger partial charge on any atom is -0.481 e. The van der Waals surface area contributed by atoms with Crippen LogP contribution >= 0.6 is 0 Å². The third-order valence-electron chi connectivity index (χ3n) is 2.95. The van der Waals surface area contributed by atoms with Gasteiger partial charge in [0.25, 0.3) is 5.69 Å². The van der Waals surface area contributed by atoms with Crippen LogP contribution in [0, 0.1) is 10.1 Å². The van der Waals surface area contributed by atoms with Crippen molar-refractivity contribution in [1.29, 1.82) is 0 Å². The lowest BCUT2D eigenvalue weighted by Crippen LogP contribution is -2.43. The van der Waals surface area contributed by atoms with Gasteiger partial charge >= 0.3 is 5.97 Å². The number of non-ortho nitro benzene ring substituents is 1. The highest BCUT2D eigenvalue weighted by Gasteiger charge is 2.23. The number of carboxylic acids is 1. The van der Waals surface area contributed by atoms with Crippen LogP contribution in [0.5, 0.6) is 0 Å². The number of nitrogens with zero attached hydrogens (tertiary/aromatic N) is 2. The van der Waals surface area contributed by atoms with E-state index >= 15 is 0 Å². The van der Waals surface area contributed by atoms with Crippen molar-refractivity contribution in [3.05, 3.63) is 34.4 Å². The van der Waals surface area contributed by atoms with Crippen LogP contribution in [0.3, 0.4) is 0 Å². The van der Waals surface area contributed by atoms with E-state index < -0.39 is 10.9 Å². The first-order valence-electron chi connectivity index (χ1n) is 5.89. The van der Waals surface area contributed by atoms with Gasteiger partial charge in [-0.25, -0.2) is 0 Å². The molecule has 1 unspecified atom stereocenters. The first kappa shape index (κ1) is 13.3. The van der Waals surface area contributed by atoms with Crippen molar-refractivity contribution in [2.24, 2.45) is 0 Å². The van der Waals surface area contributed by atoms with Crippen LogP contribution in [0.4, 0.5) is 11.4 Å². The molecule has 0 aromatic heterocycles. The lowest BCUT2D eigenvalue weighted by atomic mass is 10.2. The molecule has 2 rings (SSSR count). The summed E-state index contributed by atoms with van der Waals surface area (Å²) in [6, 6.07) is 6.31. The Morgan fingerprint density at radius 2 is 2.37 bits per heavy atom. The normalized spacial score (nSPS) is 19.2. The van der Waals surface area contributed by atoms with Crippen LogP contribution in [0.1, 0.15) is 6.42 Å². The predicted octanol–water partition coefficient (Wildman–Crippen LogP) is 1.27. The molecular weight excluding hydrogens is 252 g/mol. The van der Waals surface area contributed by atoms with Gasteiger partial charge in [0.1, 0.15) is 0 Å². The summed E-state index contributed by atoms with van der Waals surface area (Å²) < 4.78 is 5.36. The number of carboxylic acid groups (broad SMARTS) is 1. The number of benzene rings is 1. The third kappa shape index (κ3) is 3.41. The van der Waals surface area contributed by atoms with Gasteiger partial charge in [-0.1, -0.05) is 6.07 Å². The van der Waals surface area contributed by atoms with Gasteiger partial charge in [0.05, 0.1) is 24.1 Å². The van der Waals surface area contributed by atoms with Crippen LogP contribution in [0.25, 0.3) is 0 Å². The van der Waals surface area contributed by atoms with E-state index in [1.807, 2.05) is 4.90 Å². The monoisotopic (exact) mass is 266 g/mol. The largest absolute Gasteiger partial charge is 0.481 e. The van der Waals surface area contributed by atoms with E-state index in [1.54, 1.807) is 12.1 Å². The average Bonchev–Trinajstić information content (AvgIpc) is 2.38. The Morgan fingerprint density at radius 1 is 1.58 bits per heavy atom. The molecule has 1 fully saturated rings. The average molecular weight is 266 g/mol. The van der Waals surface area contributed by atoms with Gasteiger partial charge in [-0.3, -0.25) is 14.9 Å². The third-order valence-corrected chi connectivity index (χ3v) is 2.95. The van der Waals surface area contributed by atoms with E-state index in [2.05, 4.69) is 0 Å². The fraction of sp³-hybridized carbons (Fsp3) is 0.417. The fourth-order valence-electron chi connectivity index (χ4n) is 2.08. The maximum atomic E-state index is 10.7. The number of ether oxygens (including phenoxy) is 1. The summed E-state index contributed by atoms with van der Waals surface area (Å²) in [4.78, 5) is 22.9. The zero-order chi connectivity index (χ0) is 13.8. The molecule has 7 nitrogen and oxygen atoms in total. The summed E-state index contributed by atoms with van der Waals surface area (Å²) >= 11 is 0. The van der Waals surface area contributed by atoms with Gasteiger partial charge in [-0.15, -0.1) is 0 Å². The Labute approximate surface area is 109 Å². The highest BCUT2D eigenvalue weighted by Crippen LogP contribution is 2.23. The standard InChI is InChI=1S/C12H14N2O5/c15-12(16)7-11-8-13(4-5-19-11)9-2-1-3-10(6-9)14(17)18/h1-3,6,11H,4-5,7-8H2,(H,15,16). The number of morpholine rings is 1. The number of aliphatic carboxylic acids is 1. The van der Waals surface area contributed by atoms with Gasteiger partial charge in [-0.05, 0) is 6.07 Å². The van der Waals surface area contributed by atoms with E-state index in [-0.39, 0.29) is 18.2 Å². The molecule has 1 atom stereocenters. The smallest absolute Gasteiger partial charge is 0.306 e. The number of rotatable bonds is 4. The highest BCUT2D eigenvalue weighted by atomic mass is 16.6. The summed E-state index contributed by atoms with van der Waals surface area (Å²) in [5.41, 5.74) is 0.742. The molecule has 1 aliphatic heterocycles. The molecule has 1 aromatic carbocycles. The van der Waals surface area contributed by atoms with Crippen LogP contribution in [-0.4, -0.2) is 41.8 Å². The second-order valence-electron chi connectivity index (χ2n) is 4.31. The van der Waals surface area contributed by atoms with Gasteiger partial charge in [0.15, 0.2) is 0 Å². The first-order chi connectivity index (χ1) is 9.06. The molecule has 0 aliphatic carbocycles. The summed E-state index contributed by atoms with van der Waals surface area (Å²) in [6.07, 6.45) is -0.448. The minimum atomic E-state index is -0.911. The number of hydrogen-bond donors (Lipinski definition) is 1. The van der Waals surface area contributed by atoms with Crippen molar-refractivity contribution in [2.75, 3.05) is 24.6 Å². The number of anilines is 1. The molecule has 1 aliphatic rings. The van der Waals surface area contributed by atoms with Gasteiger partial charge < -0.3 is 14.7 Å². The minimum absolute atomic E-state index is 0.0266. The summed E-state index contributed by atoms with van der Waals surface area (Å²) in [7, 11) is 0. The quantitative estimate of drug-likeness (QED) is 0.651. The summed E-state index contributed by atoms with van der Waals surface area (Å²) in [5.74, 6) is -0.911. The van der Waals surface area contributed by atoms with Crippen LogP contribution in [0.15, 0.2) is 24.3 Å². The Balaban J connectivity index is 2.10. The number of nitro groups is 1. The van der Waals surface area contributed by atoms with Crippen molar-refractivity contribution in [1.82, 2.24) is 0 Å². The van der Waals surface area contributed by atoms with Crippen molar-refractivity contribution in [2.45, 2.75) is 12.5 Å². The maximum Gasteiger partial charge on any atom is 0.306 e. The van der Waals surface area contributed by atoms with Crippen molar-refractivity contribution < 1.29 is 19.6 Å². The zero-order valence-electron chi connectivity index (χ0n) is 10.2. The molecular formula is C12H14N2O5. The molecule has 0 bridgehead atoms. The van der Waals surface area contributed by atoms with Crippen molar-refractivity contribution in [3.8, 4) is 0 Å². The molecule has 7 heteroatoms. The molecule has 0 saturated carbocycles. The Kier molecular flexibility index (Phi) is 3.96.